The van der Waals surface area contributed by atoms with Gasteiger partial charge in [-0.05, 0) is 5.41 Å². The Balaban J connectivity index is 0.00000324. The summed E-state index contributed by atoms with van der Waals surface area (Å²) in [7, 11) is 1.63. The van der Waals surface area contributed by atoms with Crippen LogP contribution in [0.25, 0.3) is 0 Å². The van der Waals surface area contributed by atoms with Gasteiger partial charge in [-0.15, -0.1) is 12.4 Å². The number of halogens is 1. The maximum atomic E-state index is 11.9. The highest BCUT2D eigenvalue weighted by atomic mass is 35.5. The van der Waals surface area contributed by atoms with E-state index in [0.717, 1.165) is 0 Å². The predicted octanol–water partition coefficient (Wildman–Crippen LogP) is 1.26. The molecule has 1 aromatic rings. The van der Waals surface area contributed by atoms with Crippen molar-refractivity contribution in [3.8, 4) is 0 Å². The van der Waals surface area contributed by atoms with Crippen LogP contribution in [0, 0.1) is 5.41 Å². The molecule has 3 N–H and O–H groups in total. The number of rotatable bonds is 5. The molecule has 0 aliphatic carbocycles. The van der Waals surface area contributed by atoms with Crippen LogP contribution in [0.2, 0.25) is 0 Å². The van der Waals surface area contributed by atoms with Crippen molar-refractivity contribution in [3.05, 3.63) is 12.4 Å². The van der Waals surface area contributed by atoms with E-state index in [4.69, 9.17) is 10.5 Å². The molecule has 0 aliphatic rings. The molecule has 1 aromatic heterocycles. The second-order valence-electron chi connectivity index (χ2n) is 5.32. The van der Waals surface area contributed by atoms with Gasteiger partial charge in [-0.25, -0.2) is 0 Å². The highest BCUT2D eigenvalue weighted by Crippen LogP contribution is 2.18. The molecule has 0 saturated carbocycles. The maximum absolute atomic E-state index is 11.9. The topological polar surface area (TPSA) is 82.2 Å². The molecule has 1 heterocycles. The van der Waals surface area contributed by atoms with E-state index in [2.05, 4.69) is 10.4 Å². The number of carbonyl (C=O) groups excluding carboxylic acids is 1. The standard InChI is InChI=1S/C12H22N4O2.ClH/c1-12(2,3)10(13)11(17)15-9-7-14-16(8-9)5-6-18-4;/h7-8,10H,5-6,13H2,1-4H3,(H,15,17);1H/t10-;/m1./s1. The number of hydrogen-bond acceptors (Lipinski definition) is 4. The second-order valence-corrected chi connectivity index (χ2v) is 5.32. The van der Waals surface area contributed by atoms with Gasteiger partial charge in [-0.2, -0.15) is 5.10 Å². The van der Waals surface area contributed by atoms with Crippen molar-refractivity contribution >= 4 is 24.0 Å². The SMILES string of the molecule is COCCn1cc(NC(=O)[C@@H](N)C(C)(C)C)cn1.Cl. The first-order chi connectivity index (χ1) is 8.34. The molecule has 1 rings (SSSR count). The van der Waals surface area contributed by atoms with Gasteiger partial charge in [0.15, 0.2) is 0 Å². The smallest absolute Gasteiger partial charge is 0.241 e. The van der Waals surface area contributed by atoms with Crippen LogP contribution in [0.5, 0.6) is 0 Å². The third-order valence-electron chi connectivity index (χ3n) is 2.64. The Hall–Kier alpha value is -1.11. The lowest BCUT2D eigenvalue weighted by Crippen LogP contribution is -2.45. The van der Waals surface area contributed by atoms with E-state index in [1.165, 1.54) is 0 Å². The van der Waals surface area contributed by atoms with E-state index in [-0.39, 0.29) is 23.7 Å². The fourth-order valence-electron chi connectivity index (χ4n) is 1.35. The Morgan fingerprint density at radius 1 is 1.58 bits per heavy atom. The normalized spacial score (nSPS) is 12.7. The number of nitrogens with two attached hydrogens (primary N) is 1. The van der Waals surface area contributed by atoms with Gasteiger partial charge in [0.25, 0.3) is 0 Å². The van der Waals surface area contributed by atoms with Crippen LogP contribution >= 0.6 is 12.4 Å². The first-order valence-electron chi connectivity index (χ1n) is 5.92. The van der Waals surface area contributed by atoms with Crippen LogP contribution in [0.4, 0.5) is 5.69 Å². The van der Waals surface area contributed by atoms with Crippen LogP contribution in [-0.2, 0) is 16.1 Å². The number of methoxy groups -OCH3 is 1. The van der Waals surface area contributed by atoms with E-state index in [0.29, 0.717) is 18.8 Å². The quantitative estimate of drug-likeness (QED) is 0.855. The zero-order valence-corrected chi connectivity index (χ0v) is 12.7. The monoisotopic (exact) mass is 290 g/mol. The molecule has 7 heteroatoms. The Morgan fingerprint density at radius 2 is 2.21 bits per heavy atom. The van der Waals surface area contributed by atoms with Crippen molar-refractivity contribution in [2.75, 3.05) is 19.0 Å². The summed E-state index contributed by atoms with van der Waals surface area (Å²) in [6.07, 6.45) is 3.36. The summed E-state index contributed by atoms with van der Waals surface area (Å²) in [5.41, 5.74) is 6.25. The van der Waals surface area contributed by atoms with Gasteiger partial charge in [-0.3, -0.25) is 9.48 Å². The molecular formula is C12H23ClN4O2. The molecule has 0 bridgehead atoms. The summed E-state index contributed by atoms with van der Waals surface area (Å²) < 4.78 is 6.66. The fraction of sp³-hybridized carbons (Fsp3) is 0.667. The van der Waals surface area contributed by atoms with Gasteiger partial charge in [-0.1, -0.05) is 20.8 Å². The summed E-state index contributed by atoms with van der Waals surface area (Å²) in [5, 5.41) is 6.87. The molecule has 0 aliphatic heterocycles. The first-order valence-corrected chi connectivity index (χ1v) is 5.92. The molecule has 0 aromatic carbocycles. The number of aromatic nitrogens is 2. The van der Waals surface area contributed by atoms with E-state index >= 15 is 0 Å². The van der Waals surface area contributed by atoms with Crippen molar-refractivity contribution < 1.29 is 9.53 Å². The number of anilines is 1. The number of carbonyl (C=O) groups is 1. The second kappa shape index (κ2) is 7.47. The van der Waals surface area contributed by atoms with Crippen LogP contribution < -0.4 is 11.1 Å². The zero-order chi connectivity index (χ0) is 13.8. The molecule has 19 heavy (non-hydrogen) atoms. The lowest BCUT2D eigenvalue weighted by Gasteiger charge is -2.25. The summed E-state index contributed by atoms with van der Waals surface area (Å²) in [6.45, 7) is 7.02. The lowest BCUT2D eigenvalue weighted by atomic mass is 9.87. The van der Waals surface area contributed by atoms with Crippen LogP contribution in [-0.4, -0.2) is 35.4 Å². The minimum absolute atomic E-state index is 0. The Morgan fingerprint density at radius 3 is 2.74 bits per heavy atom. The number of hydrogen-bond donors (Lipinski definition) is 2. The highest BCUT2D eigenvalue weighted by molar-refractivity contribution is 5.94. The molecule has 1 amide bonds. The average Bonchev–Trinajstić information content (AvgIpc) is 2.71. The maximum Gasteiger partial charge on any atom is 0.241 e. The molecule has 0 fully saturated rings. The number of nitrogens with zero attached hydrogens (tertiary/aromatic N) is 2. The molecule has 0 unspecified atom stereocenters. The third-order valence-corrected chi connectivity index (χ3v) is 2.64. The summed E-state index contributed by atoms with van der Waals surface area (Å²) >= 11 is 0. The lowest BCUT2D eigenvalue weighted by molar-refractivity contribution is -0.119. The molecule has 110 valence electrons. The summed E-state index contributed by atoms with van der Waals surface area (Å²) in [4.78, 5) is 11.9. The van der Waals surface area contributed by atoms with Crippen molar-refractivity contribution in [1.29, 1.82) is 0 Å². The molecule has 0 saturated heterocycles. The van der Waals surface area contributed by atoms with Gasteiger partial charge in [0.1, 0.15) is 0 Å². The van der Waals surface area contributed by atoms with Gasteiger partial charge in [0.05, 0.1) is 31.1 Å². The van der Waals surface area contributed by atoms with E-state index in [1.807, 2.05) is 20.8 Å². The number of amides is 1. The molecule has 0 radical (unpaired) electrons. The zero-order valence-electron chi connectivity index (χ0n) is 11.8. The summed E-state index contributed by atoms with van der Waals surface area (Å²) in [6, 6.07) is -0.556. The molecular weight excluding hydrogens is 268 g/mol. The van der Waals surface area contributed by atoms with Crippen LogP contribution in [0.1, 0.15) is 20.8 Å². The van der Waals surface area contributed by atoms with E-state index < -0.39 is 6.04 Å². The molecule has 0 spiro atoms. The number of ether oxygens (including phenoxy) is 1. The first kappa shape index (κ1) is 17.9. The Labute approximate surface area is 120 Å². The van der Waals surface area contributed by atoms with Crippen molar-refractivity contribution in [2.45, 2.75) is 33.4 Å². The fourth-order valence-corrected chi connectivity index (χ4v) is 1.35. The van der Waals surface area contributed by atoms with Crippen LogP contribution in [0.3, 0.4) is 0 Å². The number of nitrogens with one attached hydrogen (secondary N) is 1. The molecule has 6 nitrogen and oxygen atoms in total. The van der Waals surface area contributed by atoms with Crippen LogP contribution in [0.15, 0.2) is 12.4 Å². The van der Waals surface area contributed by atoms with Gasteiger partial charge < -0.3 is 15.8 Å². The minimum atomic E-state index is -0.556. The van der Waals surface area contributed by atoms with E-state index in [9.17, 15) is 4.79 Å². The highest BCUT2D eigenvalue weighted by Gasteiger charge is 2.27. The largest absolute Gasteiger partial charge is 0.383 e. The van der Waals surface area contributed by atoms with E-state index in [1.54, 1.807) is 24.2 Å². The average molecular weight is 291 g/mol. The third kappa shape index (κ3) is 5.59. The van der Waals surface area contributed by atoms with Gasteiger partial charge >= 0.3 is 0 Å². The van der Waals surface area contributed by atoms with Gasteiger partial charge in [0.2, 0.25) is 5.91 Å². The molecule has 1 atom stereocenters. The Kier molecular flexibility index (Phi) is 7.04. The van der Waals surface area contributed by atoms with Crippen molar-refractivity contribution in [2.24, 2.45) is 11.1 Å². The predicted molar refractivity (Wildman–Crippen MR) is 77.4 cm³/mol. The minimum Gasteiger partial charge on any atom is -0.383 e. The Bertz CT molecular complexity index is 401. The van der Waals surface area contributed by atoms with Crippen molar-refractivity contribution in [1.82, 2.24) is 9.78 Å². The summed E-state index contributed by atoms with van der Waals surface area (Å²) in [5.74, 6) is -0.200. The van der Waals surface area contributed by atoms with Crippen molar-refractivity contribution in [3.63, 3.8) is 0 Å². The van der Waals surface area contributed by atoms with Gasteiger partial charge in [0, 0.05) is 13.3 Å².